The van der Waals surface area contributed by atoms with Crippen LogP contribution in [-0.2, 0) is 0 Å². The van der Waals surface area contributed by atoms with Crippen LogP contribution in [-0.4, -0.2) is 42.0 Å². The number of urea groups is 1. The molecule has 0 radical (unpaired) electrons. The largest absolute Gasteiger partial charge is 0.325 e. The molecule has 3 nitrogen and oxygen atoms in total. The van der Waals surface area contributed by atoms with Crippen molar-refractivity contribution in [3.8, 4) is 0 Å². The van der Waals surface area contributed by atoms with Crippen molar-refractivity contribution in [2.75, 3.05) is 20.1 Å². The zero-order valence-corrected chi connectivity index (χ0v) is 10.9. The fourth-order valence-electron chi connectivity index (χ4n) is 1.77. The van der Waals surface area contributed by atoms with Gasteiger partial charge in [0.1, 0.15) is 0 Å². The van der Waals surface area contributed by atoms with Gasteiger partial charge in [-0.2, -0.15) is 0 Å². The third kappa shape index (κ3) is 2.27. The Morgan fingerprint density at radius 1 is 1.27 bits per heavy atom. The van der Waals surface area contributed by atoms with Crippen molar-refractivity contribution < 1.29 is 4.79 Å². The minimum absolute atomic E-state index is 0.170. The molecule has 0 N–H and O–H groups in total. The van der Waals surface area contributed by atoms with Gasteiger partial charge in [0, 0.05) is 31.6 Å². The van der Waals surface area contributed by atoms with E-state index in [4.69, 9.17) is 0 Å². The maximum absolute atomic E-state index is 11.9. The smallest absolute Gasteiger partial charge is 0.320 e. The quantitative estimate of drug-likeness (QED) is 0.689. The zero-order valence-electron chi connectivity index (χ0n) is 10.9. The molecule has 88 valence electrons. The predicted octanol–water partition coefficient (Wildman–Crippen LogP) is 2.42. The minimum Gasteiger partial charge on any atom is -0.325 e. The van der Waals surface area contributed by atoms with Crippen LogP contribution in [0.25, 0.3) is 0 Å². The van der Waals surface area contributed by atoms with Crippen molar-refractivity contribution in [2.45, 2.75) is 40.7 Å². The normalized spacial score (nSPS) is 19.3. The van der Waals surface area contributed by atoms with E-state index in [1.165, 1.54) is 0 Å². The van der Waals surface area contributed by atoms with Crippen LogP contribution in [0.3, 0.4) is 0 Å². The molecule has 0 bridgehead atoms. The highest BCUT2D eigenvalue weighted by atomic mass is 16.2. The van der Waals surface area contributed by atoms with Crippen LogP contribution in [0.2, 0.25) is 0 Å². The zero-order chi connectivity index (χ0) is 11.8. The molecule has 3 heteroatoms. The lowest BCUT2D eigenvalue weighted by atomic mass is 9.73. The third-order valence-electron chi connectivity index (χ3n) is 3.84. The van der Waals surface area contributed by atoms with Crippen molar-refractivity contribution in [3.05, 3.63) is 0 Å². The molecular weight excluding hydrogens is 188 g/mol. The highest BCUT2D eigenvalue weighted by Crippen LogP contribution is 2.37. The highest BCUT2D eigenvalue weighted by molar-refractivity contribution is 5.75. The average molecular weight is 212 g/mol. The molecule has 1 saturated heterocycles. The maximum Gasteiger partial charge on any atom is 0.320 e. The fourth-order valence-corrected chi connectivity index (χ4v) is 1.77. The first-order valence-electron chi connectivity index (χ1n) is 5.79. The second-order valence-corrected chi connectivity index (χ2v) is 5.65. The number of rotatable bonds is 2. The predicted molar refractivity (Wildman–Crippen MR) is 62.8 cm³/mol. The van der Waals surface area contributed by atoms with Gasteiger partial charge < -0.3 is 9.80 Å². The minimum atomic E-state index is 0.170. The van der Waals surface area contributed by atoms with Gasteiger partial charge in [-0.05, 0) is 19.8 Å². The third-order valence-corrected chi connectivity index (χ3v) is 3.84. The van der Waals surface area contributed by atoms with Crippen LogP contribution >= 0.6 is 0 Å². The van der Waals surface area contributed by atoms with E-state index in [2.05, 4.69) is 20.8 Å². The Balaban J connectivity index is 2.49. The Bertz CT molecular complexity index is 242. The van der Waals surface area contributed by atoms with E-state index in [1.807, 2.05) is 25.8 Å². The van der Waals surface area contributed by atoms with Gasteiger partial charge in [0.05, 0.1) is 0 Å². The summed E-state index contributed by atoms with van der Waals surface area (Å²) in [7, 11) is 1.87. The number of carbonyl (C=O) groups is 1. The molecule has 2 amide bonds. The molecule has 1 rings (SSSR count). The van der Waals surface area contributed by atoms with E-state index in [0.29, 0.717) is 11.3 Å². The Kier molecular flexibility index (Phi) is 3.31. The molecule has 1 aliphatic heterocycles. The van der Waals surface area contributed by atoms with E-state index in [1.54, 1.807) is 4.90 Å². The van der Waals surface area contributed by atoms with E-state index in [-0.39, 0.29) is 12.1 Å². The molecule has 15 heavy (non-hydrogen) atoms. The molecule has 0 unspecified atom stereocenters. The van der Waals surface area contributed by atoms with Crippen LogP contribution in [0.5, 0.6) is 0 Å². The lowest BCUT2D eigenvalue weighted by Gasteiger charge is -2.51. The summed E-state index contributed by atoms with van der Waals surface area (Å²) in [6.45, 7) is 12.6. The summed E-state index contributed by atoms with van der Waals surface area (Å²) >= 11 is 0. The molecule has 1 aliphatic rings. The van der Waals surface area contributed by atoms with Crippen molar-refractivity contribution in [3.63, 3.8) is 0 Å². The molecule has 1 heterocycles. The van der Waals surface area contributed by atoms with E-state index in [0.717, 1.165) is 13.1 Å². The van der Waals surface area contributed by atoms with Gasteiger partial charge in [-0.15, -0.1) is 0 Å². The van der Waals surface area contributed by atoms with Gasteiger partial charge in [-0.25, -0.2) is 4.79 Å². The van der Waals surface area contributed by atoms with Crippen molar-refractivity contribution in [1.82, 2.24) is 9.80 Å². The topological polar surface area (TPSA) is 23.6 Å². The fraction of sp³-hybridized carbons (Fsp3) is 0.917. The molecule has 0 aromatic heterocycles. The van der Waals surface area contributed by atoms with Gasteiger partial charge in [0.2, 0.25) is 0 Å². The van der Waals surface area contributed by atoms with Crippen LogP contribution in [0.1, 0.15) is 34.6 Å². The van der Waals surface area contributed by atoms with E-state index >= 15 is 0 Å². The maximum atomic E-state index is 11.9. The standard InChI is InChI=1S/C12H24N2O/c1-9(2)12(5)7-14(8-12)11(15)13(6)10(3)4/h9-10H,7-8H2,1-6H3. The number of nitrogens with zero attached hydrogens (tertiary/aromatic N) is 2. The van der Waals surface area contributed by atoms with Crippen LogP contribution < -0.4 is 0 Å². The number of likely N-dealkylation sites (tertiary alicyclic amines) is 1. The summed E-state index contributed by atoms with van der Waals surface area (Å²) < 4.78 is 0. The molecule has 0 saturated carbocycles. The van der Waals surface area contributed by atoms with Gasteiger partial charge in [0.15, 0.2) is 0 Å². The monoisotopic (exact) mass is 212 g/mol. The Morgan fingerprint density at radius 3 is 2.07 bits per heavy atom. The summed E-state index contributed by atoms with van der Waals surface area (Å²) in [5, 5.41) is 0. The van der Waals surface area contributed by atoms with Crippen LogP contribution in [0.4, 0.5) is 4.79 Å². The first-order chi connectivity index (χ1) is 6.78. The Morgan fingerprint density at radius 2 is 1.73 bits per heavy atom. The number of carbonyl (C=O) groups excluding carboxylic acids is 1. The van der Waals surface area contributed by atoms with Gasteiger partial charge in [-0.3, -0.25) is 0 Å². The molecular formula is C12H24N2O. The molecule has 0 aliphatic carbocycles. The first kappa shape index (κ1) is 12.3. The summed E-state index contributed by atoms with van der Waals surface area (Å²) in [4.78, 5) is 15.7. The van der Waals surface area contributed by atoms with Gasteiger partial charge in [-0.1, -0.05) is 20.8 Å². The molecule has 0 aromatic rings. The van der Waals surface area contributed by atoms with Crippen LogP contribution in [0, 0.1) is 11.3 Å². The second-order valence-electron chi connectivity index (χ2n) is 5.65. The summed E-state index contributed by atoms with van der Waals surface area (Å²) in [5.74, 6) is 0.644. The molecule has 1 fully saturated rings. The van der Waals surface area contributed by atoms with Crippen molar-refractivity contribution in [2.24, 2.45) is 11.3 Å². The Hall–Kier alpha value is -0.730. The van der Waals surface area contributed by atoms with Gasteiger partial charge >= 0.3 is 6.03 Å². The van der Waals surface area contributed by atoms with E-state index < -0.39 is 0 Å². The highest BCUT2D eigenvalue weighted by Gasteiger charge is 2.44. The van der Waals surface area contributed by atoms with Crippen molar-refractivity contribution >= 4 is 6.03 Å². The van der Waals surface area contributed by atoms with E-state index in [9.17, 15) is 4.79 Å². The molecule has 0 spiro atoms. The SMILES string of the molecule is CC(C)N(C)C(=O)N1CC(C)(C(C)C)C1. The number of hydrogen-bond acceptors (Lipinski definition) is 1. The lowest BCUT2D eigenvalue weighted by Crippen LogP contribution is -2.62. The summed E-state index contributed by atoms with van der Waals surface area (Å²) in [5.41, 5.74) is 0.327. The molecule has 0 aromatic carbocycles. The molecule has 0 atom stereocenters. The summed E-state index contributed by atoms with van der Waals surface area (Å²) in [6, 6.07) is 0.450. The second kappa shape index (κ2) is 4.03. The van der Waals surface area contributed by atoms with Gasteiger partial charge in [0.25, 0.3) is 0 Å². The average Bonchev–Trinajstić information content (AvgIpc) is 2.09. The van der Waals surface area contributed by atoms with Crippen LogP contribution in [0.15, 0.2) is 0 Å². The number of amides is 2. The Labute approximate surface area is 93.4 Å². The lowest BCUT2D eigenvalue weighted by molar-refractivity contribution is -0.00299. The number of hydrogen-bond donors (Lipinski definition) is 0. The first-order valence-corrected chi connectivity index (χ1v) is 5.79. The van der Waals surface area contributed by atoms with Crippen molar-refractivity contribution in [1.29, 1.82) is 0 Å². The summed E-state index contributed by atoms with van der Waals surface area (Å²) in [6.07, 6.45) is 0.